The fraction of sp³-hybridized carbons (Fsp3) is 0.615. The third kappa shape index (κ3) is 4.72. The van der Waals surface area contributed by atoms with Crippen LogP contribution in [0.3, 0.4) is 0 Å². The minimum Gasteiger partial charge on any atom is -0.366 e. The van der Waals surface area contributed by atoms with Gasteiger partial charge in [0, 0.05) is 23.8 Å². The first-order valence-corrected chi connectivity index (χ1v) is 11.6. The van der Waals surface area contributed by atoms with E-state index >= 15 is 0 Å². The molecule has 1 unspecified atom stereocenters. The zero-order valence-corrected chi connectivity index (χ0v) is 19.3. The maximum absolute atomic E-state index is 12.7. The molecule has 4 heteroatoms. The number of anilines is 1. The highest BCUT2D eigenvalue weighted by Crippen LogP contribution is 2.44. The first-order chi connectivity index (χ1) is 14.3. The third-order valence-electron chi connectivity index (χ3n) is 6.83. The Morgan fingerprint density at radius 2 is 2.00 bits per heavy atom. The van der Waals surface area contributed by atoms with E-state index in [1.807, 2.05) is 0 Å². The Morgan fingerprint density at radius 1 is 1.30 bits per heavy atom. The number of hydrogen-bond donors (Lipinski definition) is 1. The number of carbonyl (C=O) groups excluding carboxylic acids is 1. The quantitative estimate of drug-likeness (QED) is 0.492. The molecule has 1 aliphatic heterocycles. The normalized spacial score (nSPS) is 21.7. The molecule has 2 aliphatic rings. The highest BCUT2D eigenvalue weighted by Gasteiger charge is 2.36. The summed E-state index contributed by atoms with van der Waals surface area (Å²) in [7, 11) is 0. The van der Waals surface area contributed by atoms with Gasteiger partial charge in [0.2, 0.25) is 0 Å². The number of fused-ring (bicyclic) bond motifs is 1. The van der Waals surface area contributed by atoms with Crippen LogP contribution in [-0.4, -0.2) is 24.0 Å². The van der Waals surface area contributed by atoms with E-state index in [4.69, 9.17) is 0 Å². The second kappa shape index (κ2) is 9.25. The maximum Gasteiger partial charge on any atom is 0.262 e. The van der Waals surface area contributed by atoms with E-state index in [0.29, 0.717) is 5.92 Å². The third-order valence-corrected chi connectivity index (χ3v) is 6.83. The van der Waals surface area contributed by atoms with Crippen LogP contribution in [0.25, 0.3) is 6.08 Å². The fourth-order valence-electron chi connectivity index (χ4n) is 5.27. The molecule has 30 heavy (non-hydrogen) atoms. The Bertz CT molecular complexity index is 856. The predicted molar refractivity (Wildman–Crippen MR) is 125 cm³/mol. The predicted octanol–water partition coefficient (Wildman–Crippen LogP) is 5.85. The highest BCUT2D eigenvalue weighted by atomic mass is 16.1. The summed E-state index contributed by atoms with van der Waals surface area (Å²) in [5.74, 6) is 0.209. The van der Waals surface area contributed by atoms with Crippen LogP contribution >= 0.6 is 0 Å². The Morgan fingerprint density at radius 3 is 2.63 bits per heavy atom. The van der Waals surface area contributed by atoms with E-state index in [2.05, 4.69) is 63.0 Å². The molecule has 1 aromatic carbocycles. The van der Waals surface area contributed by atoms with Crippen LogP contribution in [0.5, 0.6) is 0 Å². The molecule has 0 radical (unpaired) electrons. The van der Waals surface area contributed by atoms with Crippen molar-refractivity contribution in [2.45, 2.75) is 97.1 Å². The summed E-state index contributed by atoms with van der Waals surface area (Å²) >= 11 is 0. The summed E-state index contributed by atoms with van der Waals surface area (Å²) in [6.07, 6.45) is 9.57. The monoisotopic (exact) mass is 407 g/mol. The van der Waals surface area contributed by atoms with Gasteiger partial charge in [-0.2, -0.15) is 5.26 Å². The van der Waals surface area contributed by atoms with Crippen molar-refractivity contribution < 1.29 is 4.79 Å². The molecule has 0 saturated heterocycles. The average molecular weight is 408 g/mol. The SMILES string of the molecule is CCCN1c2cc(C)c(/C=C(\C#N)C(=O)NC3CCCCC3)cc2C(C)CC1(C)C. The fourth-order valence-corrected chi connectivity index (χ4v) is 5.27. The lowest BCUT2D eigenvalue weighted by Gasteiger charge is -2.48. The van der Waals surface area contributed by atoms with Gasteiger partial charge in [-0.15, -0.1) is 0 Å². The number of amides is 1. The van der Waals surface area contributed by atoms with Crippen LogP contribution in [0, 0.1) is 18.3 Å². The standard InChI is InChI=1S/C26H37N3O/c1-6-12-29-24-13-18(2)20(15-23(24)19(3)16-26(29,4)5)14-21(17-27)25(30)28-22-10-8-7-9-11-22/h13-15,19,22H,6-12,16H2,1-5H3,(H,28,30)/b21-14+. The highest BCUT2D eigenvalue weighted by molar-refractivity contribution is 6.02. The lowest BCUT2D eigenvalue weighted by atomic mass is 9.78. The Labute approximate surface area is 182 Å². The van der Waals surface area contributed by atoms with Gasteiger partial charge in [-0.05, 0) is 87.3 Å². The van der Waals surface area contributed by atoms with Crippen molar-refractivity contribution in [3.63, 3.8) is 0 Å². The summed E-state index contributed by atoms with van der Waals surface area (Å²) < 4.78 is 0. The van der Waals surface area contributed by atoms with E-state index in [-0.39, 0.29) is 23.1 Å². The summed E-state index contributed by atoms with van der Waals surface area (Å²) in [5, 5.41) is 12.7. The molecule has 1 aliphatic carbocycles. The molecule has 1 aromatic rings. The molecule has 3 rings (SSSR count). The average Bonchev–Trinajstić information content (AvgIpc) is 2.70. The molecule has 0 spiro atoms. The smallest absolute Gasteiger partial charge is 0.262 e. The van der Waals surface area contributed by atoms with Gasteiger partial charge in [0.25, 0.3) is 5.91 Å². The molecule has 0 bridgehead atoms. The van der Waals surface area contributed by atoms with Crippen molar-refractivity contribution in [3.05, 3.63) is 34.4 Å². The van der Waals surface area contributed by atoms with Crippen LogP contribution < -0.4 is 10.2 Å². The van der Waals surface area contributed by atoms with Gasteiger partial charge in [-0.1, -0.05) is 33.1 Å². The molecule has 1 atom stereocenters. The second-order valence-electron chi connectivity index (χ2n) is 9.82. The number of benzene rings is 1. The van der Waals surface area contributed by atoms with Crippen molar-refractivity contribution in [3.8, 4) is 6.07 Å². The number of nitrogens with zero attached hydrogens (tertiary/aromatic N) is 2. The second-order valence-corrected chi connectivity index (χ2v) is 9.82. The van der Waals surface area contributed by atoms with Gasteiger partial charge in [-0.25, -0.2) is 0 Å². The lowest BCUT2D eigenvalue weighted by Crippen LogP contribution is -2.48. The minimum absolute atomic E-state index is 0.129. The Hall–Kier alpha value is -2.28. The molecule has 1 fully saturated rings. The number of rotatable bonds is 5. The Balaban J connectivity index is 1.92. The number of nitriles is 1. The molecule has 0 aromatic heterocycles. The van der Waals surface area contributed by atoms with Gasteiger partial charge in [0.15, 0.2) is 0 Å². The van der Waals surface area contributed by atoms with Crippen molar-refractivity contribution in [2.75, 3.05) is 11.4 Å². The van der Waals surface area contributed by atoms with Crippen LogP contribution in [0.2, 0.25) is 0 Å². The molecular formula is C26H37N3O. The summed E-state index contributed by atoms with van der Waals surface area (Å²) in [5.41, 5.74) is 5.05. The molecule has 1 saturated carbocycles. The van der Waals surface area contributed by atoms with Crippen LogP contribution in [0.4, 0.5) is 5.69 Å². The maximum atomic E-state index is 12.7. The molecule has 1 amide bonds. The van der Waals surface area contributed by atoms with Crippen molar-refractivity contribution in [1.29, 1.82) is 5.26 Å². The molecule has 4 nitrogen and oxygen atoms in total. The van der Waals surface area contributed by atoms with Crippen molar-refractivity contribution in [2.24, 2.45) is 0 Å². The molecule has 1 heterocycles. The zero-order chi connectivity index (χ0) is 21.9. The van der Waals surface area contributed by atoms with E-state index in [1.165, 1.54) is 17.7 Å². The van der Waals surface area contributed by atoms with Gasteiger partial charge in [0.1, 0.15) is 11.6 Å². The van der Waals surface area contributed by atoms with Crippen LogP contribution in [-0.2, 0) is 4.79 Å². The zero-order valence-electron chi connectivity index (χ0n) is 19.3. The summed E-state index contributed by atoms with van der Waals surface area (Å²) in [6, 6.07) is 6.80. The summed E-state index contributed by atoms with van der Waals surface area (Å²) in [4.78, 5) is 15.3. The lowest BCUT2D eigenvalue weighted by molar-refractivity contribution is -0.117. The van der Waals surface area contributed by atoms with E-state index < -0.39 is 0 Å². The van der Waals surface area contributed by atoms with Gasteiger partial charge in [0.05, 0.1) is 0 Å². The largest absolute Gasteiger partial charge is 0.366 e. The number of carbonyl (C=O) groups is 1. The number of hydrogen-bond acceptors (Lipinski definition) is 3. The van der Waals surface area contributed by atoms with Gasteiger partial charge in [-0.3, -0.25) is 4.79 Å². The number of aryl methyl sites for hydroxylation is 1. The van der Waals surface area contributed by atoms with Gasteiger partial charge < -0.3 is 10.2 Å². The topological polar surface area (TPSA) is 56.1 Å². The molecule has 162 valence electrons. The van der Waals surface area contributed by atoms with Gasteiger partial charge >= 0.3 is 0 Å². The van der Waals surface area contributed by atoms with Crippen LogP contribution in [0.1, 0.15) is 95.2 Å². The first kappa shape index (κ1) is 22.4. The van der Waals surface area contributed by atoms with E-state index in [9.17, 15) is 10.1 Å². The van der Waals surface area contributed by atoms with Crippen LogP contribution in [0.15, 0.2) is 17.7 Å². The van der Waals surface area contributed by atoms with E-state index in [0.717, 1.165) is 56.2 Å². The molecule has 1 N–H and O–H groups in total. The van der Waals surface area contributed by atoms with E-state index in [1.54, 1.807) is 6.08 Å². The Kier molecular flexibility index (Phi) is 6.91. The summed E-state index contributed by atoms with van der Waals surface area (Å²) in [6.45, 7) is 12.3. The van der Waals surface area contributed by atoms with Crippen molar-refractivity contribution >= 4 is 17.7 Å². The van der Waals surface area contributed by atoms with Crippen molar-refractivity contribution in [1.82, 2.24) is 5.32 Å². The number of nitrogens with one attached hydrogen (secondary N) is 1. The molecular weight excluding hydrogens is 370 g/mol. The minimum atomic E-state index is -0.233. The first-order valence-electron chi connectivity index (χ1n) is 11.6.